The lowest BCUT2D eigenvalue weighted by Crippen LogP contribution is -2.39. The molecule has 0 radical (unpaired) electrons. The van der Waals surface area contributed by atoms with Crippen molar-refractivity contribution in [2.24, 2.45) is 0 Å². The van der Waals surface area contributed by atoms with Crippen molar-refractivity contribution in [3.63, 3.8) is 0 Å². The molecule has 0 bridgehead atoms. The minimum atomic E-state index is -3.05. The number of hydrogen-bond acceptors (Lipinski definition) is 5. The van der Waals surface area contributed by atoms with Gasteiger partial charge in [-0.25, -0.2) is 12.7 Å². The summed E-state index contributed by atoms with van der Waals surface area (Å²) >= 11 is 0. The number of sulfonamides is 1. The summed E-state index contributed by atoms with van der Waals surface area (Å²) in [6.07, 6.45) is 3.64. The zero-order valence-electron chi connectivity index (χ0n) is 13.6. The van der Waals surface area contributed by atoms with Crippen molar-refractivity contribution < 1.29 is 13.2 Å². The van der Waals surface area contributed by atoms with Gasteiger partial charge in [-0.05, 0) is 31.9 Å². The Kier molecular flexibility index (Phi) is 5.18. The number of piperidine rings is 1. The standard InChI is InChI=1S/C16H25N3O3S/c1-2-23(20,21)19-7-5-14(6-8-19)16-4-3-15(13-17-16)18-9-11-22-12-10-18/h3-4,13-14H,2,5-12H2,1H3. The molecule has 2 fully saturated rings. The lowest BCUT2D eigenvalue weighted by Gasteiger charge is -2.31. The first-order chi connectivity index (χ1) is 11.1. The smallest absolute Gasteiger partial charge is 0.213 e. The molecule has 0 aromatic carbocycles. The molecule has 6 nitrogen and oxygen atoms in total. The summed E-state index contributed by atoms with van der Waals surface area (Å²) in [6.45, 7) is 6.27. The van der Waals surface area contributed by atoms with Crippen molar-refractivity contribution >= 4 is 15.7 Å². The largest absolute Gasteiger partial charge is 0.378 e. The minimum Gasteiger partial charge on any atom is -0.378 e. The van der Waals surface area contributed by atoms with E-state index in [9.17, 15) is 8.42 Å². The van der Waals surface area contributed by atoms with Crippen molar-refractivity contribution in [2.45, 2.75) is 25.7 Å². The molecule has 2 saturated heterocycles. The van der Waals surface area contributed by atoms with Gasteiger partial charge < -0.3 is 9.64 Å². The van der Waals surface area contributed by atoms with Crippen molar-refractivity contribution in [1.82, 2.24) is 9.29 Å². The zero-order chi connectivity index (χ0) is 16.3. The number of nitrogens with zero attached hydrogens (tertiary/aromatic N) is 3. The third-order valence-corrected chi connectivity index (χ3v) is 6.66. The van der Waals surface area contributed by atoms with Crippen molar-refractivity contribution in [3.05, 3.63) is 24.0 Å². The lowest BCUT2D eigenvalue weighted by molar-refractivity contribution is 0.122. The van der Waals surface area contributed by atoms with Crippen molar-refractivity contribution in [1.29, 1.82) is 0 Å². The van der Waals surface area contributed by atoms with Gasteiger partial charge in [0.2, 0.25) is 10.0 Å². The van der Waals surface area contributed by atoms with Crippen LogP contribution < -0.4 is 4.90 Å². The molecule has 0 amide bonds. The molecule has 0 spiro atoms. The molecular weight excluding hydrogens is 314 g/mol. The normalized spacial score (nSPS) is 21.5. The summed E-state index contributed by atoms with van der Waals surface area (Å²) in [5, 5.41) is 0. The molecule has 3 rings (SSSR count). The predicted molar refractivity (Wildman–Crippen MR) is 90.3 cm³/mol. The van der Waals surface area contributed by atoms with Gasteiger partial charge in [-0.15, -0.1) is 0 Å². The summed E-state index contributed by atoms with van der Waals surface area (Å²) in [4.78, 5) is 6.92. The molecule has 1 aromatic rings. The van der Waals surface area contributed by atoms with E-state index in [0.717, 1.165) is 50.5 Å². The summed E-state index contributed by atoms with van der Waals surface area (Å²) < 4.78 is 30.8. The molecule has 0 aliphatic carbocycles. The Labute approximate surface area is 138 Å². The maximum Gasteiger partial charge on any atom is 0.213 e. The Hall–Kier alpha value is -1.18. The zero-order valence-corrected chi connectivity index (χ0v) is 14.5. The van der Waals surface area contributed by atoms with Crippen LogP contribution in [0.2, 0.25) is 0 Å². The Morgan fingerprint density at radius 3 is 2.43 bits per heavy atom. The molecule has 0 N–H and O–H groups in total. The number of pyridine rings is 1. The van der Waals surface area contributed by atoms with Crippen molar-refractivity contribution in [3.8, 4) is 0 Å². The van der Waals surface area contributed by atoms with Crippen molar-refractivity contribution in [2.75, 3.05) is 50.0 Å². The summed E-state index contributed by atoms with van der Waals surface area (Å²) in [5.74, 6) is 0.543. The van der Waals surface area contributed by atoms with Gasteiger partial charge in [0.1, 0.15) is 0 Å². The minimum absolute atomic E-state index is 0.185. The van der Waals surface area contributed by atoms with Crippen LogP contribution in [0.25, 0.3) is 0 Å². The van der Waals surface area contributed by atoms with Crippen LogP contribution in [0.15, 0.2) is 18.3 Å². The highest BCUT2D eigenvalue weighted by Crippen LogP contribution is 2.29. The second-order valence-corrected chi connectivity index (χ2v) is 8.37. The van der Waals surface area contributed by atoms with Gasteiger partial charge in [0.15, 0.2) is 0 Å². The monoisotopic (exact) mass is 339 g/mol. The van der Waals surface area contributed by atoms with Crippen LogP contribution in [0.4, 0.5) is 5.69 Å². The topological polar surface area (TPSA) is 62.7 Å². The third-order valence-electron chi connectivity index (χ3n) is 4.78. The predicted octanol–water partition coefficient (Wildman–Crippen LogP) is 1.45. The van der Waals surface area contributed by atoms with Gasteiger partial charge in [-0.3, -0.25) is 4.98 Å². The first-order valence-electron chi connectivity index (χ1n) is 8.36. The van der Waals surface area contributed by atoms with Crippen LogP contribution in [0.3, 0.4) is 0 Å². The molecule has 2 aliphatic rings. The van der Waals surface area contributed by atoms with Gasteiger partial charge in [-0.2, -0.15) is 0 Å². The first kappa shape index (κ1) is 16.7. The fourth-order valence-corrected chi connectivity index (χ4v) is 4.39. The van der Waals surface area contributed by atoms with E-state index in [0.29, 0.717) is 19.0 Å². The molecule has 23 heavy (non-hydrogen) atoms. The number of ether oxygens (including phenoxy) is 1. The van der Waals surface area contributed by atoms with Gasteiger partial charge in [0.25, 0.3) is 0 Å². The quantitative estimate of drug-likeness (QED) is 0.831. The average molecular weight is 339 g/mol. The highest BCUT2D eigenvalue weighted by molar-refractivity contribution is 7.89. The Morgan fingerprint density at radius 1 is 1.17 bits per heavy atom. The highest BCUT2D eigenvalue weighted by Gasteiger charge is 2.28. The van der Waals surface area contributed by atoms with Crippen LogP contribution >= 0.6 is 0 Å². The molecule has 7 heteroatoms. The molecule has 1 aromatic heterocycles. The van der Waals surface area contributed by atoms with E-state index in [-0.39, 0.29) is 5.75 Å². The Balaban J connectivity index is 1.60. The van der Waals surface area contributed by atoms with Gasteiger partial charge in [0.05, 0.1) is 30.9 Å². The van der Waals surface area contributed by atoms with Crippen LogP contribution in [0.5, 0.6) is 0 Å². The second-order valence-electron chi connectivity index (χ2n) is 6.11. The summed E-state index contributed by atoms with van der Waals surface area (Å²) in [6, 6.07) is 4.22. The van der Waals surface area contributed by atoms with Crippen LogP contribution in [0, 0.1) is 0 Å². The van der Waals surface area contributed by atoms with Gasteiger partial charge in [-0.1, -0.05) is 0 Å². The second kappa shape index (κ2) is 7.15. The Bertz CT molecular complexity index is 604. The van der Waals surface area contributed by atoms with E-state index < -0.39 is 10.0 Å². The van der Waals surface area contributed by atoms with Crippen LogP contribution in [-0.4, -0.2) is 62.9 Å². The molecule has 0 saturated carbocycles. The van der Waals surface area contributed by atoms with Gasteiger partial charge in [0, 0.05) is 37.8 Å². The lowest BCUT2D eigenvalue weighted by atomic mass is 9.94. The molecule has 0 unspecified atom stereocenters. The van der Waals surface area contributed by atoms with Crippen LogP contribution in [0.1, 0.15) is 31.4 Å². The maximum absolute atomic E-state index is 11.9. The Morgan fingerprint density at radius 2 is 1.87 bits per heavy atom. The van der Waals surface area contributed by atoms with E-state index in [4.69, 9.17) is 4.74 Å². The fourth-order valence-electron chi connectivity index (χ4n) is 3.26. The van der Waals surface area contributed by atoms with Crippen LogP contribution in [-0.2, 0) is 14.8 Å². The molecular formula is C16H25N3O3S. The number of rotatable bonds is 4. The average Bonchev–Trinajstić information content (AvgIpc) is 2.63. The molecule has 3 heterocycles. The highest BCUT2D eigenvalue weighted by atomic mass is 32.2. The van der Waals surface area contributed by atoms with E-state index in [1.807, 2.05) is 6.20 Å². The summed E-state index contributed by atoms with van der Waals surface area (Å²) in [5.41, 5.74) is 2.22. The van der Waals surface area contributed by atoms with E-state index in [2.05, 4.69) is 22.0 Å². The van der Waals surface area contributed by atoms with E-state index in [1.165, 1.54) is 0 Å². The van der Waals surface area contributed by atoms with Gasteiger partial charge >= 0.3 is 0 Å². The number of aromatic nitrogens is 1. The number of hydrogen-bond donors (Lipinski definition) is 0. The molecule has 0 atom stereocenters. The third kappa shape index (κ3) is 3.84. The van der Waals surface area contributed by atoms with E-state index >= 15 is 0 Å². The number of morpholine rings is 1. The summed E-state index contributed by atoms with van der Waals surface area (Å²) in [7, 11) is -3.05. The number of anilines is 1. The SMILES string of the molecule is CCS(=O)(=O)N1CCC(c2ccc(N3CCOCC3)cn2)CC1. The molecule has 2 aliphatic heterocycles. The fraction of sp³-hybridized carbons (Fsp3) is 0.688. The maximum atomic E-state index is 11.9. The first-order valence-corrected chi connectivity index (χ1v) is 9.97. The van der Waals surface area contributed by atoms with E-state index in [1.54, 1.807) is 11.2 Å². The molecule has 128 valence electrons.